The Morgan fingerprint density at radius 3 is 2.58 bits per heavy atom. The third-order valence-corrected chi connectivity index (χ3v) is 1.95. The van der Waals surface area contributed by atoms with Crippen LogP contribution in [0, 0.1) is 0 Å². The first kappa shape index (κ1) is 9.26. The number of carbonyl (C=O) groups excluding carboxylic acids is 1. The van der Waals surface area contributed by atoms with Crippen molar-refractivity contribution in [3.05, 3.63) is 29.8 Å². The molecule has 0 spiro atoms. The Balaban J connectivity index is 3.03. The molecule has 0 aliphatic carbocycles. The molecule has 0 saturated carbocycles. The van der Waals surface area contributed by atoms with Crippen LogP contribution >= 0.6 is 15.9 Å². The highest BCUT2D eigenvalue weighted by Gasteiger charge is 2.14. The lowest BCUT2D eigenvalue weighted by molar-refractivity contribution is 0.0993. The van der Waals surface area contributed by atoms with Crippen LogP contribution in [0.2, 0.25) is 0 Å². The molecule has 0 saturated heterocycles. The first-order valence-electron chi connectivity index (χ1n) is 3.59. The molecule has 1 aromatic rings. The van der Waals surface area contributed by atoms with E-state index in [2.05, 4.69) is 15.9 Å². The van der Waals surface area contributed by atoms with Gasteiger partial charge in [-0.2, -0.15) is 0 Å². The van der Waals surface area contributed by atoms with E-state index < -0.39 is 0 Å². The summed E-state index contributed by atoms with van der Waals surface area (Å²) in [7, 11) is 0. The topological polar surface area (TPSA) is 37.3 Å². The molecule has 0 bridgehead atoms. The Kier molecular flexibility index (Phi) is 2.87. The molecule has 2 nitrogen and oxygen atoms in total. The maximum absolute atomic E-state index is 11.4. The van der Waals surface area contributed by atoms with Crippen LogP contribution in [0.5, 0.6) is 5.75 Å². The van der Waals surface area contributed by atoms with Gasteiger partial charge in [0, 0.05) is 0 Å². The number of ketones is 1. The summed E-state index contributed by atoms with van der Waals surface area (Å²) in [6.07, 6.45) is 0. The molecule has 3 heteroatoms. The Bertz CT molecular complexity index is 294. The molecule has 0 aliphatic rings. The van der Waals surface area contributed by atoms with Crippen LogP contribution in [0.25, 0.3) is 0 Å². The fourth-order valence-corrected chi connectivity index (χ4v) is 1.14. The van der Waals surface area contributed by atoms with Gasteiger partial charge >= 0.3 is 0 Å². The zero-order valence-corrected chi connectivity index (χ0v) is 8.21. The van der Waals surface area contributed by atoms with E-state index in [9.17, 15) is 9.90 Å². The number of benzene rings is 1. The van der Waals surface area contributed by atoms with Crippen molar-refractivity contribution in [2.75, 3.05) is 0 Å². The summed E-state index contributed by atoms with van der Waals surface area (Å²) in [6, 6.07) is 6.52. The average Bonchev–Trinajstić information content (AvgIpc) is 2.04. The summed E-state index contributed by atoms with van der Waals surface area (Å²) in [5.41, 5.74) is 0.363. The third-order valence-electron chi connectivity index (χ3n) is 1.53. The van der Waals surface area contributed by atoms with Crippen LogP contribution in [-0.2, 0) is 0 Å². The van der Waals surface area contributed by atoms with Gasteiger partial charge < -0.3 is 5.11 Å². The minimum atomic E-state index is -0.259. The summed E-state index contributed by atoms with van der Waals surface area (Å²) in [4.78, 5) is 11.1. The zero-order valence-electron chi connectivity index (χ0n) is 6.62. The fraction of sp³-hybridized carbons (Fsp3) is 0.222. The van der Waals surface area contributed by atoms with Crippen LogP contribution in [0.15, 0.2) is 24.3 Å². The minimum Gasteiger partial charge on any atom is -0.507 e. The van der Waals surface area contributed by atoms with E-state index in [4.69, 9.17) is 0 Å². The van der Waals surface area contributed by atoms with Gasteiger partial charge in [0.25, 0.3) is 0 Å². The first-order chi connectivity index (χ1) is 5.63. The Labute approximate surface area is 79.3 Å². The highest BCUT2D eigenvalue weighted by Crippen LogP contribution is 2.19. The van der Waals surface area contributed by atoms with Gasteiger partial charge in [0.15, 0.2) is 5.78 Å². The number of aromatic hydroxyl groups is 1. The smallest absolute Gasteiger partial charge is 0.179 e. The van der Waals surface area contributed by atoms with Crippen molar-refractivity contribution < 1.29 is 9.90 Å². The molecular formula is C9H9BrO2. The van der Waals surface area contributed by atoms with Gasteiger partial charge in [0.2, 0.25) is 0 Å². The van der Waals surface area contributed by atoms with Crippen molar-refractivity contribution >= 4 is 21.7 Å². The molecular weight excluding hydrogens is 220 g/mol. The number of alkyl halides is 1. The van der Waals surface area contributed by atoms with E-state index >= 15 is 0 Å². The number of hydrogen-bond donors (Lipinski definition) is 1. The fourth-order valence-electron chi connectivity index (χ4n) is 0.896. The van der Waals surface area contributed by atoms with Crippen molar-refractivity contribution in [1.29, 1.82) is 0 Å². The van der Waals surface area contributed by atoms with Crippen molar-refractivity contribution in [1.82, 2.24) is 0 Å². The Morgan fingerprint density at radius 1 is 1.50 bits per heavy atom. The second-order valence-electron chi connectivity index (χ2n) is 2.50. The van der Waals surface area contributed by atoms with Gasteiger partial charge in [-0.25, -0.2) is 0 Å². The Morgan fingerprint density at radius 2 is 2.08 bits per heavy atom. The first-order valence-corrected chi connectivity index (χ1v) is 4.51. The maximum atomic E-state index is 11.4. The van der Waals surface area contributed by atoms with Crippen LogP contribution in [0.3, 0.4) is 0 Å². The van der Waals surface area contributed by atoms with Gasteiger partial charge in [0.1, 0.15) is 5.75 Å². The Hall–Kier alpha value is -0.830. The van der Waals surface area contributed by atoms with E-state index in [0.717, 1.165) is 0 Å². The molecule has 0 radical (unpaired) electrons. The van der Waals surface area contributed by atoms with Gasteiger partial charge in [0.05, 0.1) is 10.4 Å². The second kappa shape index (κ2) is 3.72. The summed E-state index contributed by atoms with van der Waals surface area (Å²) >= 11 is 3.15. The lowest BCUT2D eigenvalue weighted by Crippen LogP contribution is -2.09. The highest BCUT2D eigenvalue weighted by atomic mass is 79.9. The van der Waals surface area contributed by atoms with E-state index in [1.54, 1.807) is 25.1 Å². The zero-order chi connectivity index (χ0) is 9.14. The van der Waals surface area contributed by atoms with Gasteiger partial charge in [-0.3, -0.25) is 4.79 Å². The maximum Gasteiger partial charge on any atom is 0.179 e. The highest BCUT2D eigenvalue weighted by molar-refractivity contribution is 9.10. The minimum absolute atomic E-state index is 0.0359. The molecule has 1 rings (SSSR count). The van der Waals surface area contributed by atoms with Crippen molar-refractivity contribution in [3.8, 4) is 5.75 Å². The standard InChI is InChI=1S/C9H9BrO2/c1-6(10)9(12)7-4-2-3-5-8(7)11/h2-6,11H,1H3/t6-/m0/s1. The van der Waals surface area contributed by atoms with Crippen LogP contribution in [0.4, 0.5) is 0 Å². The average molecular weight is 229 g/mol. The van der Waals surface area contributed by atoms with Crippen molar-refractivity contribution in [2.24, 2.45) is 0 Å². The third kappa shape index (κ3) is 1.85. The van der Waals surface area contributed by atoms with E-state index in [1.165, 1.54) is 6.07 Å². The predicted molar refractivity (Wildman–Crippen MR) is 50.8 cm³/mol. The van der Waals surface area contributed by atoms with Gasteiger partial charge in [-0.15, -0.1) is 0 Å². The van der Waals surface area contributed by atoms with Crippen LogP contribution < -0.4 is 0 Å². The molecule has 1 aromatic carbocycles. The van der Waals surface area contributed by atoms with Gasteiger partial charge in [-0.05, 0) is 19.1 Å². The molecule has 0 fully saturated rings. The molecule has 0 unspecified atom stereocenters. The SMILES string of the molecule is C[C@H](Br)C(=O)c1ccccc1O. The normalized spacial score (nSPS) is 12.5. The lowest BCUT2D eigenvalue weighted by atomic mass is 10.1. The predicted octanol–water partition coefficient (Wildman–Crippen LogP) is 2.36. The summed E-state index contributed by atoms with van der Waals surface area (Å²) in [5.74, 6) is -0.0677. The molecule has 0 aromatic heterocycles. The summed E-state index contributed by atoms with van der Waals surface area (Å²) < 4.78 is 0. The summed E-state index contributed by atoms with van der Waals surface area (Å²) in [5, 5.41) is 9.29. The van der Waals surface area contributed by atoms with Crippen LogP contribution in [-0.4, -0.2) is 15.7 Å². The molecule has 0 aliphatic heterocycles. The summed E-state index contributed by atoms with van der Waals surface area (Å²) in [6.45, 7) is 1.73. The number of halogens is 1. The van der Waals surface area contributed by atoms with Crippen LogP contribution in [0.1, 0.15) is 17.3 Å². The molecule has 64 valence electrons. The number of phenolic OH excluding ortho intramolecular Hbond substituents is 1. The monoisotopic (exact) mass is 228 g/mol. The largest absolute Gasteiger partial charge is 0.507 e. The van der Waals surface area contributed by atoms with Gasteiger partial charge in [-0.1, -0.05) is 28.1 Å². The molecule has 12 heavy (non-hydrogen) atoms. The number of rotatable bonds is 2. The molecule has 1 N–H and O–H groups in total. The van der Waals surface area contributed by atoms with Crippen molar-refractivity contribution in [3.63, 3.8) is 0 Å². The van der Waals surface area contributed by atoms with E-state index in [0.29, 0.717) is 5.56 Å². The molecule has 1 atom stereocenters. The molecule has 0 amide bonds. The van der Waals surface area contributed by atoms with Crippen molar-refractivity contribution in [2.45, 2.75) is 11.8 Å². The number of hydrogen-bond acceptors (Lipinski definition) is 2. The number of Topliss-reactive ketones (excluding diaryl/α,β-unsaturated/α-hetero) is 1. The van der Waals surface area contributed by atoms with E-state index in [1.807, 2.05) is 0 Å². The lowest BCUT2D eigenvalue weighted by Gasteiger charge is -2.03. The number of carbonyl (C=O) groups is 1. The number of para-hydroxylation sites is 1. The van der Waals surface area contributed by atoms with E-state index in [-0.39, 0.29) is 16.4 Å². The quantitative estimate of drug-likeness (QED) is 0.624. The number of phenols is 1. The molecule has 0 heterocycles. The second-order valence-corrected chi connectivity index (χ2v) is 3.87.